The first-order chi connectivity index (χ1) is 9.42. The first kappa shape index (κ1) is 16.0. The van der Waals surface area contributed by atoms with Crippen LogP contribution in [0.1, 0.15) is 36.9 Å². The molecule has 114 valence electrons. The Morgan fingerprint density at radius 1 is 1.10 bits per heavy atom. The van der Waals surface area contributed by atoms with E-state index in [-0.39, 0.29) is 5.54 Å². The molecule has 0 atom stereocenters. The molecule has 1 aromatic heterocycles. The molecule has 20 heavy (non-hydrogen) atoms. The number of hydrogen-bond acceptors (Lipinski definition) is 4. The van der Waals surface area contributed by atoms with E-state index in [0.29, 0.717) is 0 Å². The quantitative estimate of drug-likeness (QED) is 0.921. The van der Waals surface area contributed by atoms with Gasteiger partial charge >= 0.3 is 0 Å². The van der Waals surface area contributed by atoms with E-state index in [0.717, 1.165) is 13.1 Å². The Morgan fingerprint density at radius 2 is 1.85 bits per heavy atom. The lowest BCUT2D eigenvalue weighted by molar-refractivity contribution is 0.271. The van der Waals surface area contributed by atoms with Crippen LogP contribution in [0, 0.1) is 0 Å². The molecule has 0 saturated carbocycles. The standard InChI is InChI=1S/C16H29N3S/c1-16(2,3)17-12-14-6-7-15(20-14)13-19-9-5-8-18(4)10-11-19/h6-7,17H,5,8-13H2,1-4H3. The highest BCUT2D eigenvalue weighted by Crippen LogP contribution is 2.19. The summed E-state index contributed by atoms with van der Waals surface area (Å²) < 4.78 is 0. The van der Waals surface area contributed by atoms with E-state index in [2.05, 4.69) is 55.1 Å². The predicted molar refractivity (Wildman–Crippen MR) is 88.3 cm³/mol. The van der Waals surface area contributed by atoms with Crippen LogP contribution in [0.3, 0.4) is 0 Å². The average molecular weight is 295 g/mol. The van der Waals surface area contributed by atoms with Crippen molar-refractivity contribution in [2.75, 3.05) is 33.2 Å². The molecule has 1 aliphatic heterocycles. The Bertz CT molecular complexity index is 408. The van der Waals surface area contributed by atoms with Gasteiger partial charge in [-0.2, -0.15) is 0 Å². The van der Waals surface area contributed by atoms with Crippen molar-refractivity contribution in [2.45, 2.75) is 45.8 Å². The smallest absolute Gasteiger partial charge is 0.0328 e. The third-order valence-corrected chi connectivity index (χ3v) is 4.77. The van der Waals surface area contributed by atoms with Crippen LogP contribution in [-0.2, 0) is 13.1 Å². The second-order valence-electron chi connectivity index (χ2n) is 6.90. The second-order valence-corrected chi connectivity index (χ2v) is 8.16. The minimum Gasteiger partial charge on any atom is -0.307 e. The van der Waals surface area contributed by atoms with Gasteiger partial charge in [-0.15, -0.1) is 11.3 Å². The van der Waals surface area contributed by atoms with Crippen LogP contribution < -0.4 is 5.32 Å². The Balaban J connectivity index is 1.83. The molecular weight excluding hydrogens is 266 g/mol. The summed E-state index contributed by atoms with van der Waals surface area (Å²) >= 11 is 1.96. The summed E-state index contributed by atoms with van der Waals surface area (Å²) in [7, 11) is 2.23. The van der Waals surface area contributed by atoms with Crippen LogP contribution in [0.5, 0.6) is 0 Å². The van der Waals surface area contributed by atoms with Crippen LogP contribution in [0.25, 0.3) is 0 Å². The second kappa shape index (κ2) is 7.03. The third kappa shape index (κ3) is 5.52. The molecule has 2 heterocycles. The SMILES string of the molecule is CN1CCCN(Cc2ccc(CNC(C)(C)C)s2)CC1. The van der Waals surface area contributed by atoms with Crippen molar-refractivity contribution in [3.05, 3.63) is 21.9 Å². The molecule has 3 nitrogen and oxygen atoms in total. The number of nitrogens with one attached hydrogen (secondary N) is 1. The van der Waals surface area contributed by atoms with E-state index in [1.807, 2.05) is 11.3 Å². The van der Waals surface area contributed by atoms with E-state index in [1.54, 1.807) is 0 Å². The number of thiophene rings is 1. The maximum Gasteiger partial charge on any atom is 0.0328 e. The zero-order valence-electron chi connectivity index (χ0n) is 13.4. The van der Waals surface area contributed by atoms with Crippen LogP contribution in [0.15, 0.2) is 12.1 Å². The molecule has 0 bridgehead atoms. The fourth-order valence-corrected chi connectivity index (χ4v) is 3.43. The Labute approximate surface area is 128 Å². The molecular formula is C16H29N3S. The molecule has 0 aliphatic carbocycles. The fraction of sp³-hybridized carbons (Fsp3) is 0.750. The monoisotopic (exact) mass is 295 g/mol. The molecule has 0 unspecified atom stereocenters. The summed E-state index contributed by atoms with van der Waals surface area (Å²) in [6.07, 6.45) is 1.29. The van der Waals surface area contributed by atoms with E-state index in [1.165, 1.54) is 42.4 Å². The molecule has 1 fully saturated rings. The Hall–Kier alpha value is -0.420. The molecule has 0 radical (unpaired) electrons. The lowest BCUT2D eigenvalue weighted by atomic mass is 10.1. The van der Waals surface area contributed by atoms with E-state index >= 15 is 0 Å². The Morgan fingerprint density at radius 3 is 2.60 bits per heavy atom. The lowest BCUT2D eigenvalue weighted by Crippen LogP contribution is -2.34. The summed E-state index contributed by atoms with van der Waals surface area (Å²) in [5.41, 5.74) is 0.194. The van der Waals surface area contributed by atoms with Crippen molar-refractivity contribution in [1.82, 2.24) is 15.1 Å². The number of rotatable bonds is 4. The van der Waals surface area contributed by atoms with Crippen molar-refractivity contribution >= 4 is 11.3 Å². The zero-order chi connectivity index (χ0) is 14.6. The molecule has 0 amide bonds. The summed E-state index contributed by atoms with van der Waals surface area (Å²) in [5, 5.41) is 3.56. The summed E-state index contributed by atoms with van der Waals surface area (Å²) in [4.78, 5) is 7.98. The van der Waals surface area contributed by atoms with Crippen molar-refractivity contribution < 1.29 is 0 Å². The summed E-state index contributed by atoms with van der Waals surface area (Å²) in [6, 6.07) is 4.58. The molecule has 4 heteroatoms. The van der Waals surface area contributed by atoms with Gasteiger partial charge in [0.05, 0.1) is 0 Å². The highest BCUT2D eigenvalue weighted by Gasteiger charge is 2.14. The van der Waals surface area contributed by atoms with Crippen LogP contribution in [0.4, 0.5) is 0 Å². The molecule has 0 aromatic carbocycles. The van der Waals surface area contributed by atoms with Crippen LogP contribution >= 0.6 is 11.3 Å². The highest BCUT2D eigenvalue weighted by atomic mass is 32.1. The topological polar surface area (TPSA) is 18.5 Å². The third-order valence-electron chi connectivity index (χ3n) is 3.70. The van der Waals surface area contributed by atoms with Gasteiger partial charge in [-0.1, -0.05) is 0 Å². The van der Waals surface area contributed by atoms with E-state index in [9.17, 15) is 0 Å². The van der Waals surface area contributed by atoms with Gasteiger partial charge in [-0.05, 0) is 59.5 Å². The van der Waals surface area contributed by atoms with Crippen molar-refractivity contribution in [3.8, 4) is 0 Å². The van der Waals surface area contributed by atoms with Gasteiger partial charge in [-0.25, -0.2) is 0 Å². The highest BCUT2D eigenvalue weighted by molar-refractivity contribution is 7.11. The first-order valence-corrected chi connectivity index (χ1v) is 8.47. The number of nitrogens with zero attached hydrogens (tertiary/aromatic N) is 2. The summed E-state index contributed by atoms with van der Waals surface area (Å²) in [5.74, 6) is 0. The van der Waals surface area contributed by atoms with Crippen LogP contribution in [-0.4, -0.2) is 48.6 Å². The molecule has 1 aliphatic rings. The molecule has 1 saturated heterocycles. The van der Waals surface area contributed by atoms with Gasteiger partial charge in [-0.3, -0.25) is 4.90 Å². The van der Waals surface area contributed by atoms with E-state index in [4.69, 9.17) is 0 Å². The maximum atomic E-state index is 3.56. The van der Waals surface area contributed by atoms with Gasteiger partial charge in [0.1, 0.15) is 0 Å². The van der Waals surface area contributed by atoms with Gasteiger partial charge in [0.2, 0.25) is 0 Å². The van der Waals surface area contributed by atoms with Gasteiger partial charge in [0.15, 0.2) is 0 Å². The van der Waals surface area contributed by atoms with Gasteiger partial charge in [0.25, 0.3) is 0 Å². The van der Waals surface area contributed by atoms with Crippen molar-refractivity contribution in [1.29, 1.82) is 0 Å². The zero-order valence-corrected chi connectivity index (χ0v) is 14.2. The summed E-state index contributed by atoms with van der Waals surface area (Å²) in [6.45, 7) is 13.6. The van der Waals surface area contributed by atoms with Crippen molar-refractivity contribution in [2.24, 2.45) is 0 Å². The molecule has 1 aromatic rings. The number of hydrogen-bond donors (Lipinski definition) is 1. The van der Waals surface area contributed by atoms with Crippen LogP contribution in [0.2, 0.25) is 0 Å². The minimum atomic E-state index is 0.194. The van der Waals surface area contributed by atoms with Gasteiger partial charge in [0, 0.05) is 41.5 Å². The fourth-order valence-electron chi connectivity index (χ4n) is 2.43. The molecule has 2 rings (SSSR count). The normalized spacial score (nSPS) is 19.2. The maximum absolute atomic E-state index is 3.56. The average Bonchev–Trinajstić information content (AvgIpc) is 2.70. The van der Waals surface area contributed by atoms with Gasteiger partial charge < -0.3 is 10.2 Å². The predicted octanol–water partition coefficient (Wildman–Crippen LogP) is 2.77. The lowest BCUT2D eigenvalue weighted by Gasteiger charge is -2.20. The Kier molecular flexibility index (Phi) is 5.61. The largest absolute Gasteiger partial charge is 0.307 e. The van der Waals surface area contributed by atoms with E-state index < -0.39 is 0 Å². The first-order valence-electron chi connectivity index (χ1n) is 7.66. The van der Waals surface area contributed by atoms with Crippen molar-refractivity contribution in [3.63, 3.8) is 0 Å². The minimum absolute atomic E-state index is 0.194. The number of likely N-dealkylation sites (N-methyl/N-ethyl adjacent to an activating group) is 1. The molecule has 1 N–H and O–H groups in total. The molecule has 0 spiro atoms.